The molecule has 1 aromatic carbocycles. The topological polar surface area (TPSA) is 84.5 Å². The van der Waals surface area contributed by atoms with Crippen LogP contribution in [0.4, 0.5) is 0 Å². The summed E-state index contributed by atoms with van der Waals surface area (Å²) in [5.41, 5.74) is 0. The van der Waals surface area contributed by atoms with Gasteiger partial charge < -0.3 is 10.1 Å². The van der Waals surface area contributed by atoms with Gasteiger partial charge >= 0.3 is 0 Å². The van der Waals surface area contributed by atoms with Crippen LogP contribution in [0, 0.1) is 5.92 Å². The van der Waals surface area contributed by atoms with Crippen LogP contribution in [0.5, 0.6) is 5.75 Å². The maximum absolute atomic E-state index is 11.8. The number of amides is 1. The first-order valence-electron chi connectivity index (χ1n) is 7.30. The van der Waals surface area contributed by atoms with E-state index in [9.17, 15) is 13.2 Å². The Morgan fingerprint density at radius 1 is 1.18 bits per heavy atom. The van der Waals surface area contributed by atoms with Crippen molar-refractivity contribution in [1.29, 1.82) is 0 Å². The number of hydrogen-bond donors (Lipinski definition) is 2. The lowest BCUT2D eigenvalue weighted by molar-refractivity contribution is -0.127. The number of hydrogen-bond acceptors (Lipinski definition) is 4. The molecular weight excluding hydrogens is 304 g/mol. The third kappa shape index (κ3) is 5.65. The molecule has 0 heterocycles. The van der Waals surface area contributed by atoms with Crippen molar-refractivity contribution in [2.45, 2.75) is 38.7 Å². The molecule has 0 fully saturated rings. The molecule has 0 aliphatic heterocycles. The largest absolute Gasteiger partial charge is 0.481 e. The Morgan fingerprint density at radius 2 is 1.77 bits per heavy atom. The number of rotatable bonds is 8. The van der Waals surface area contributed by atoms with E-state index in [-0.39, 0.29) is 10.8 Å². The van der Waals surface area contributed by atoms with E-state index < -0.39 is 16.1 Å². The van der Waals surface area contributed by atoms with Gasteiger partial charge in [-0.3, -0.25) is 4.79 Å². The summed E-state index contributed by atoms with van der Waals surface area (Å²) in [7, 11) is -3.47. The van der Waals surface area contributed by atoms with Gasteiger partial charge in [0, 0.05) is 13.1 Å². The van der Waals surface area contributed by atoms with Crippen molar-refractivity contribution in [1.82, 2.24) is 10.0 Å². The van der Waals surface area contributed by atoms with Crippen LogP contribution in [0.25, 0.3) is 0 Å². The van der Waals surface area contributed by atoms with E-state index in [0.29, 0.717) is 24.8 Å². The van der Waals surface area contributed by atoms with E-state index in [2.05, 4.69) is 10.0 Å². The molecule has 2 N–H and O–H groups in total. The zero-order valence-electron chi connectivity index (χ0n) is 13.4. The summed E-state index contributed by atoms with van der Waals surface area (Å²) >= 11 is 0. The molecule has 6 nitrogen and oxygen atoms in total. The van der Waals surface area contributed by atoms with Crippen molar-refractivity contribution in [3.05, 3.63) is 24.3 Å². The maximum atomic E-state index is 11.8. The van der Waals surface area contributed by atoms with Crippen LogP contribution in [0.3, 0.4) is 0 Å². The molecule has 0 bridgehead atoms. The van der Waals surface area contributed by atoms with Gasteiger partial charge in [0.25, 0.3) is 5.91 Å². The van der Waals surface area contributed by atoms with Crippen molar-refractivity contribution in [2.24, 2.45) is 5.92 Å². The summed E-state index contributed by atoms with van der Waals surface area (Å²) in [6.45, 7) is 8.30. The van der Waals surface area contributed by atoms with Crippen LogP contribution in [0.1, 0.15) is 27.7 Å². The van der Waals surface area contributed by atoms with Gasteiger partial charge in [0.15, 0.2) is 6.10 Å². The Balaban J connectivity index is 2.66. The summed E-state index contributed by atoms with van der Waals surface area (Å²) in [6, 6.07) is 5.98. The van der Waals surface area contributed by atoms with E-state index in [0.717, 1.165) is 0 Å². The van der Waals surface area contributed by atoms with Gasteiger partial charge in [-0.15, -0.1) is 0 Å². The van der Waals surface area contributed by atoms with Gasteiger partial charge in [0.05, 0.1) is 4.90 Å². The SMILES string of the molecule is CCNS(=O)(=O)c1ccc(O[C@@H](C)C(=O)NCC(C)C)cc1. The summed E-state index contributed by atoms with van der Waals surface area (Å²) in [5, 5.41) is 2.78. The molecule has 0 aliphatic carbocycles. The quantitative estimate of drug-likeness (QED) is 0.758. The fraction of sp³-hybridized carbons (Fsp3) is 0.533. The minimum Gasteiger partial charge on any atom is -0.481 e. The van der Waals surface area contributed by atoms with Gasteiger partial charge in [-0.2, -0.15) is 0 Å². The molecule has 1 atom stereocenters. The first-order chi connectivity index (χ1) is 10.3. The van der Waals surface area contributed by atoms with Gasteiger partial charge in [-0.1, -0.05) is 20.8 Å². The number of benzene rings is 1. The maximum Gasteiger partial charge on any atom is 0.260 e. The molecular formula is C15H24N2O4S. The van der Waals surface area contributed by atoms with Gasteiger partial charge in [-0.25, -0.2) is 13.1 Å². The highest BCUT2D eigenvalue weighted by molar-refractivity contribution is 7.89. The highest BCUT2D eigenvalue weighted by Gasteiger charge is 2.16. The Bertz CT molecular complexity index is 582. The zero-order valence-corrected chi connectivity index (χ0v) is 14.2. The van der Waals surface area contributed by atoms with E-state index >= 15 is 0 Å². The summed E-state index contributed by atoms with van der Waals surface area (Å²) in [5.74, 6) is 0.618. The molecule has 0 saturated carbocycles. The molecule has 1 rings (SSSR count). The fourth-order valence-corrected chi connectivity index (χ4v) is 2.72. The lowest BCUT2D eigenvalue weighted by Gasteiger charge is -2.16. The van der Waals surface area contributed by atoms with E-state index in [4.69, 9.17) is 4.74 Å². The molecule has 1 aromatic rings. The first-order valence-corrected chi connectivity index (χ1v) is 8.78. The van der Waals surface area contributed by atoms with E-state index in [1.807, 2.05) is 13.8 Å². The summed E-state index contributed by atoms with van der Waals surface area (Å²) in [4.78, 5) is 12.0. The lowest BCUT2D eigenvalue weighted by atomic mass is 10.2. The predicted molar refractivity (Wildman–Crippen MR) is 85.2 cm³/mol. The monoisotopic (exact) mass is 328 g/mol. The molecule has 0 spiro atoms. The number of sulfonamides is 1. The zero-order chi connectivity index (χ0) is 16.8. The summed E-state index contributed by atoms with van der Waals surface area (Å²) < 4.78 is 31.5. The van der Waals surface area contributed by atoms with Crippen molar-refractivity contribution in [2.75, 3.05) is 13.1 Å². The predicted octanol–water partition coefficient (Wildman–Crippen LogP) is 1.52. The first kappa shape index (κ1) is 18.4. The van der Waals surface area contributed by atoms with Crippen molar-refractivity contribution in [3.63, 3.8) is 0 Å². The van der Waals surface area contributed by atoms with Crippen LogP contribution in [-0.2, 0) is 14.8 Å². The average molecular weight is 328 g/mol. The van der Waals surface area contributed by atoms with Crippen molar-refractivity contribution >= 4 is 15.9 Å². The molecule has 22 heavy (non-hydrogen) atoms. The molecule has 0 unspecified atom stereocenters. The van der Waals surface area contributed by atoms with Crippen LogP contribution < -0.4 is 14.8 Å². The standard InChI is InChI=1S/C15H24N2O4S/c1-5-17-22(19,20)14-8-6-13(7-9-14)21-12(4)15(18)16-10-11(2)3/h6-9,11-12,17H,5,10H2,1-4H3,(H,16,18)/t12-/m0/s1. The number of ether oxygens (including phenoxy) is 1. The molecule has 7 heteroatoms. The molecule has 0 aromatic heterocycles. The lowest BCUT2D eigenvalue weighted by Crippen LogP contribution is -2.38. The average Bonchev–Trinajstić information content (AvgIpc) is 2.45. The van der Waals surface area contributed by atoms with Crippen molar-refractivity contribution in [3.8, 4) is 5.75 Å². The third-order valence-electron chi connectivity index (χ3n) is 2.84. The minimum atomic E-state index is -3.47. The third-order valence-corrected chi connectivity index (χ3v) is 4.40. The number of carbonyl (C=O) groups is 1. The highest BCUT2D eigenvalue weighted by atomic mass is 32.2. The Kier molecular flexibility index (Phi) is 6.83. The second-order valence-electron chi connectivity index (χ2n) is 5.37. The van der Waals surface area contributed by atoms with Crippen LogP contribution in [0.15, 0.2) is 29.2 Å². The fourth-order valence-electron chi connectivity index (χ4n) is 1.68. The van der Waals surface area contributed by atoms with Gasteiger partial charge in [-0.05, 0) is 37.1 Å². The Labute approximate surface area is 132 Å². The van der Waals surface area contributed by atoms with Gasteiger partial charge in [0.1, 0.15) is 5.75 Å². The number of carbonyl (C=O) groups excluding carboxylic acids is 1. The molecule has 0 aliphatic rings. The Hall–Kier alpha value is -1.60. The normalized spacial score (nSPS) is 13.0. The molecule has 124 valence electrons. The van der Waals surface area contributed by atoms with Crippen LogP contribution >= 0.6 is 0 Å². The molecule has 1 amide bonds. The second kappa shape index (κ2) is 8.14. The molecule has 0 saturated heterocycles. The summed E-state index contributed by atoms with van der Waals surface area (Å²) in [6.07, 6.45) is -0.644. The van der Waals surface area contributed by atoms with Crippen LogP contribution in [-0.4, -0.2) is 33.5 Å². The smallest absolute Gasteiger partial charge is 0.260 e. The van der Waals surface area contributed by atoms with Crippen LogP contribution in [0.2, 0.25) is 0 Å². The van der Waals surface area contributed by atoms with Crippen molar-refractivity contribution < 1.29 is 17.9 Å². The minimum absolute atomic E-state index is 0.165. The van der Waals surface area contributed by atoms with Gasteiger partial charge in [0.2, 0.25) is 10.0 Å². The van der Waals surface area contributed by atoms with E-state index in [1.165, 1.54) is 24.3 Å². The molecule has 0 radical (unpaired) electrons. The number of nitrogens with one attached hydrogen (secondary N) is 2. The Morgan fingerprint density at radius 3 is 2.27 bits per heavy atom. The van der Waals surface area contributed by atoms with E-state index in [1.54, 1.807) is 13.8 Å². The second-order valence-corrected chi connectivity index (χ2v) is 7.14. The highest BCUT2D eigenvalue weighted by Crippen LogP contribution is 2.17.